The number of aliphatic carboxylic acids is 1. The summed E-state index contributed by atoms with van der Waals surface area (Å²) in [7, 11) is 0. The van der Waals surface area contributed by atoms with Gasteiger partial charge in [-0.2, -0.15) is 0 Å². The summed E-state index contributed by atoms with van der Waals surface area (Å²) in [6, 6.07) is 4.56. The van der Waals surface area contributed by atoms with Crippen LogP contribution in [0.1, 0.15) is 32.8 Å². The fourth-order valence-corrected chi connectivity index (χ4v) is 2.40. The van der Waals surface area contributed by atoms with E-state index >= 15 is 0 Å². The Labute approximate surface area is 118 Å². The molecule has 0 bridgehead atoms. The molecule has 1 heterocycles. The van der Waals surface area contributed by atoms with Gasteiger partial charge in [-0.05, 0) is 44.9 Å². The van der Waals surface area contributed by atoms with E-state index in [-0.39, 0.29) is 5.91 Å². The Balaban J connectivity index is 2.61. The second kappa shape index (κ2) is 4.81. The molecule has 1 unspecified atom stereocenters. The molecule has 1 atom stereocenters. The second-order valence-corrected chi connectivity index (χ2v) is 5.52. The molecular formula is C15H19NO4. The van der Waals surface area contributed by atoms with Gasteiger partial charge >= 0.3 is 5.97 Å². The average molecular weight is 277 g/mol. The Morgan fingerprint density at radius 1 is 1.45 bits per heavy atom. The van der Waals surface area contributed by atoms with Crippen LogP contribution in [0.4, 0.5) is 5.69 Å². The summed E-state index contributed by atoms with van der Waals surface area (Å²) < 4.78 is 5.71. The van der Waals surface area contributed by atoms with Gasteiger partial charge in [-0.1, -0.05) is 13.0 Å². The van der Waals surface area contributed by atoms with Crippen LogP contribution in [-0.4, -0.2) is 28.6 Å². The Hall–Kier alpha value is -2.04. The van der Waals surface area contributed by atoms with Gasteiger partial charge in [0.25, 0.3) is 5.91 Å². The van der Waals surface area contributed by atoms with Gasteiger partial charge in [-0.25, -0.2) is 4.79 Å². The van der Waals surface area contributed by atoms with E-state index in [1.54, 1.807) is 32.9 Å². The van der Waals surface area contributed by atoms with E-state index < -0.39 is 17.6 Å². The smallest absolute Gasteiger partial charge is 0.326 e. The third-order valence-electron chi connectivity index (χ3n) is 3.46. The third kappa shape index (κ3) is 2.24. The van der Waals surface area contributed by atoms with Gasteiger partial charge in [0, 0.05) is 0 Å². The third-order valence-corrected chi connectivity index (χ3v) is 3.46. The molecule has 0 radical (unpaired) electrons. The number of nitrogens with zero attached hydrogens (tertiary/aromatic N) is 1. The van der Waals surface area contributed by atoms with Crippen LogP contribution in [0.25, 0.3) is 0 Å². The number of hydrogen-bond donors (Lipinski definition) is 1. The molecule has 1 amide bonds. The van der Waals surface area contributed by atoms with Gasteiger partial charge in [0.15, 0.2) is 5.60 Å². The number of carboxylic acids is 1. The fraction of sp³-hybridized carbons (Fsp3) is 0.467. The molecule has 0 aliphatic carbocycles. The van der Waals surface area contributed by atoms with Crippen molar-refractivity contribution in [3.63, 3.8) is 0 Å². The van der Waals surface area contributed by atoms with Crippen molar-refractivity contribution in [2.24, 2.45) is 0 Å². The van der Waals surface area contributed by atoms with E-state index in [0.29, 0.717) is 17.9 Å². The summed E-state index contributed by atoms with van der Waals surface area (Å²) in [5, 5.41) is 9.37. The van der Waals surface area contributed by atoms with Crippen molar-refractivity contribution < 1.29 is 19.4 Å². The standard InChI is InChI=1S/C15H19NO4/c1-5-10(13(17)18)16-11-8-9(2)6-7-12(11)20-15(3,4)14(16)19/h6-8,10H,5H2,1-4H3,(H,17,18). The number of aryl methyl sites for hydroxylation is 1. The van der Waals surface area contributed by atoms with Crippen LogP contribution in [0, 0.1) is 6.92 Å². The molecule has 2 rings (SSSR count). The molecule has 0 aromatic heterocycles. The molecule has 1 aliphatic rings. The number of hydrogen-bond acceptors (Lipinski definition) is 3. The number of rotatable bonds is 3. The minimum Gasteiger partial charge on any atom is -0.480 e. The molecule has 1 aliphatic heterocycles. The molecule has 0 spiro atoms. The summed E-state index contributed by atoms with van der Waals surface area (Å²) >= 11 is 0. The van der Waals surface area contributed by atoms with Gasteiger partial charge in [0.1, 0.15) is 11.8 Å². The van der Waals surface area contributed by atoms with E-state index in [1.807, 2.05) is 13.0 Å². The van der Waals surface area contributed by atoms with Crippen LogP contribution in [0.15, 0.2) is 18.2 Å². The Morgan fingerprint density at radius 3 is 2.65 bits per heavy atom. The van der Waals surface area contributed by atoms with Crippen molar-refractivity contribution >= 4 is 17.6 Å². The summed E-state index contributed by atoms with van der Waals surface area (Å²) in [5.74, 6) is -0.796. The zero-order valence-electron chi connectivity index (χ0n) is 12.1. The highest BCUT2D eigenvalue weighted by molar-refractivity contribution is 6.06. The zero-order valence-corrected chi connectivity index (χ0v) is 12.1. The maximum Gasteiger partial charge on any atom is 0.326 e. The normalized spacial score (nSPS) is 18.2. The quantitative estimate of drug-likeness (QED) is 0.921. The first kappa shape index (κ1) is 14.4. The van der Waals surface area contributed by atoms with E-state index in [9.17, 15) is 14.7 Å². The van der Waals surface area contributed by atoms with Crippen molar-refractivity contribution in [3.8, 4) is 5.75 Å². The largest absolute Gasteiger partial charge is 0.480 e. The molecule has 108 valence electrons. The van der Waals surface area contributed by atoms with Gasteiger partial charge in [0.05, 0.1) is 5.69 Å². The first-order valence-corrected chi connectivity index (χ1v) is 6.64. The summed E-state index contributed by atoms with van der Waals surface area (Å²) in [6.07, 6.45) is 0.338. The summed E-state index contributed by atoms with van der Waals surface area (Å²) in [4.78, 5) is 25.4. The molecule has 0 fully saturated rings. The topological polar surface area (TPSA) is 66.8 Å². The number of ether oxygens (including phenoxy) is 1. The first-order chi connectivity index (χ1) is 9.27. The number of anilines is 1. The van der Waals surface area contributed by atoms with Crippen LogP contribution >= 0.6 is 0 Å². The maximum absolute atomic E-state index is 12.6. The second-order valence-electron chi connectivity index (χ2n) is 5.52. The molecule has 1 N–H and O–H groups in total. The molecule has 5 heteroatoms. The number of carbonyl (C=O) groups is 2. The van der Waals surface area contributed by atoms with E-state index in [2.05, 4.69) is 0 Å². The number of carbonyl (C=O) groups excluding carboxylic acids is 1. The predicted molar refractivity (Wildman–Crippen MR) is 75.1 cm³/mol. The zero-order chi connectivity index (χ0) is 15.1. The lowest BCUT2D eigenvalue weighted by atomic mass is 10.00. The maximum atomic E-state index is 12.6. The van der Waals surface area contributed by atoms with Crippen LogP contribution < -0.4 is 9.64 Å². The van der Waals surface area contributed by atoms with Gasteiger partial charge in [-0.15, -0.1) is 0 Å². The monoisotopic (exact) mass is 277 g/mol. The van der Waals surface area contributed by atoms with Crippen molar-refractivity contribution in [2.45, 2.75) is 45.8 Å². The highest BCUT2D eigenvalue weighted by Crippen LogP contribution is 2.39. The van der Waals surface area contributed by atoms with E-state index in [4.69, 9.17) is 4.74 Å². The lowest BCUT2D eigenvalue weighted by molar-refractivity contribution is -0.143. The number of benzene rings is 1. The van der Waals surface area contributed by atoms with Crippen molar-refractivity contribution in [1.29, 1.82) is 0 Å². The average Bonchev–Trinajstić information content (AvgIpc) is 2.35. The predicted octanol–water partition coefficient (Wildman–Crippen LogP) is 2.36. The van der Waals surface area contributed by atoms with Crippen molar-refractivity contribution in [3.05, 3.63) is 23.8 Å². The minimum absolute atomic E-state index is 0.329. The first-order valence-electron chi connectivity index (χ1n) is 6.64. The molecule has 1 aromatic carbocycles. The fourth-order valence-electron chi connectivity index (χ4n) is 2.40. The Morgan fingerprint density at radius 2 is 2.10 bits per heavy atom. The van der Waals surface area contributed by atoms with Crippen molar-refractivity contribution in [2.75, 3.05) is 4.90 Å². The SMILES string of the molecule is CCC(C(=O)O)N1C(=O)C(C)(C)Oc2ccc(C)cc21. The molecule has 0 saturated carbocycles. The highest BCUT2D eigenvalue weighted by atomic mass is 16.5. The Kier molecular flexibility index (Phi) is 3.46. The van der Waals surface area contributed by atoms with Gasteiger partial charge in [-0.3, -0.25) is 9.69 Å². The molecule has 20 heavy (non-hydrogen) atoms. The molecule has 5 nitrogen and oxygen atoms in total. The Bertz CT molecular complexity index is 565. The molecule has 0 saturated heterocycles. The van der Waals surface area contributed by atoms with E-state index in [0.717, 1.165) is 5.56 Å². The molecule has 1 aromatic rings. The number of fused-ring (bicyclic) bond motifs is 1. The van der Waals surface area contributed by atoms with Crippen LogP contribution in [0.5, 0.6) is 5.75 Å². The minimum atomic E-state index is -1.06. The summed E-state index contributed by atoms with van der Waals surface area (Å²) in [5.41, 5.74) is 0.416. The van der Waals surface area contributed by atoms with Gasteiger partial charge < -0.3 is 9.84 Å². The number of carboxylic acid groups (broad SMARTS) is 1. The van der Waals surface area contributed by atoms with Crippen molar-refractivity contribution in [1.82, 2.24) is 0 Å². The van der Waals surface area contributed by atoms with Gasteiger partial charge in [0.2, 0.25) is 0 Å². The van der Waals surface area contributed by atoms with Crippen LogP contribution in [-0.2, 0) is 9.59 Å². The lowest BCUT2D eigenvalue weighted by Gasteiger charge is -2.41. The van der Waals surface area contributed by atoms with Crippen LogP contribution in [0.3, 0.4) is 0 Å². The molecular weight excluding hydrogens is 258 g/mol. The van der Waals surface area contributed by atoms with E-state index in [1.165, 1.54) is 4.90 Å². The number of amides is 1. The van der Waals surface area contributed by atoms with Crippen LogP contribution in [0.2, 0.25) is 0 Å². The highest BCUT2D eigenvalue weighted by Gasteiger charge is 2.45. The summed E-state index contributed by atoms with van der Waals surface area (Å²) in [6.45, 7) is 6.95. The lowest BCUT2D eigenvalue weighted by Crippen LogP contribution is -2.57.